The van der Waals surface area contributed by atoms with E-state index in [4.69, 9.17) is 0 Å². The number of hydrogen-bond acceptors (Lipinski definition) is 4. The van der Waals surface area contributed by atoms with Gasteiger partial charge in [0.1, 0.15) is 6.54 Å². The molecule has 0 atom stereocenters. The summed E-state index contributed by atoms with van der Waals surface area (Å²) in [6.07, 6.45) is 0.167. The highest BCUT2D eigenvalue weighted by Crippen LogP contribution is 2.20. The van der Waals surface area contributed by atoms with Gasteiger partial charge < -0.3 is 4.90 Å². The molecule has 4 rings (SSSR count). The lowest BCUT2D eigenvalue weighted by molar-refractivity contribution is -0.139. The van der Waals surface area contributed by atoms with Crippen LogP contribution < -0.4 is 0 Å². The van der Waals surface area contributed by atoms with Gasteiger partial charge in [0.05, 0.1) is 6.42 Å². The van der Waals surface area contributed by atoms with Crippen molar-refractivity contribution in [2.24, 2.45) is 0 Å². The second-order valence-electron chi connectivity index (χ2n) is 7.26. The van der Waals surface area contributed by atoms with Crippen LogP contribution in [0.3, 0.4) is 0 Å². The lowest BCUT2D eigenvalue weighted by Crippen LogP contribution is -2.53. The summed E-state index contributed by atoms with van der Waals surface area (Å²) in [6, 6.07) is 17.3. The summed E-state index contributed by atoms with van der Waals surface area (Å²) in [4.78, 5) is 42.9. The maximum Gasteiger partial charge on any atom is 0.261 e. The van der Waals surface area contributed by atoms with Crippen LogP contribution in [0.2, 0.25) is 0 Å². The van der Waals surface area contributed by atoms with Crippen molar-refractivity contribution >= 4 is 17.7 Å². The number of carbonyl (C=O) groups excluding carboxylic acids is 3. The molecule has 2 aliphatic rings. The molecule has 0 bridgehead atoms. The first-order valence-electron chi connectivity index (χ1n) is 9.58. The Morgan fingerprint density at radius 1 is 0.857 bits per heavy atom. The number of amides is 3. The largest absolute Gasteiger partial charge is 0.339 e. The molecule has 0 unspecified atom stereocenters. The Hall–Kier alpha value is -2.99. The van der Waals surface area contributed by atoms with Crippen LogP contribution in [-0.2, 0) is 22.6 Å². The maximum atomic E-state index is 12.7. The monoisotopic (exact) mass is 377 g/mol. The van der Waals surface area contributed by atoms with E-state index >= 15 is 0 Å². The quantitative estimate of drug-likeness (QED) is 0.759. The molecule has 2 aliphatic heterocycles. The van der Waals surface area contributed by atoms with Gasteiger partial charge in [-0.3, -0.25) is 24.2 Å². The minimum Gasteiger partial charge on any atom is -0.339 e. The maximum absolute atomic E-state index is 12.7. The van der Waals surface area contributed by atoms with E-state index in [0.717, 1.165) is 30.1 Å². The van der Waals surface area contributed by atoms with E-state index < -0.39 is 0 Å². The first-order chi connectivity index (χ1) is 13.6. The third-order valence-corrected chi connectivity index (χ3v) is 5.40. The van der Waals surface area contributed by atoms with E-state index in [1.54, 1.807) is 23.1 Å². The number of imide groups is 1. The van der Waals surface area contributed by atoms with Gasteiger partial charge in [-0.1, -0.05) is 48.5 Å². The summed E-state index contributed by atoms with van der Waals surface area (Å²) >= 11 is 0. The molecular formula is C22H23N3O3. The normalized spacial score (nSPS) is 17.6. The van der Waals surface area contributed by atoms with Crippen LogP contribution in [-0.4, -0.2) is 65.1 Å². The molecule has 3 amide bonds. The molecule has 0 aliphatic carbocycles. The van der Waals surface area contributed by atoms with E-state index in [2.05, 4.69) is 17.0 Å². The van der Waals surface area contributed by atoms with Gasteiger partial charge in [0, 0.05) is 38.3 Å². The molecule has 28 heavy (non-hydrogen) atoms. The standard InChI is InChI=1S/C22H23N3O3/c26-20-14-18-8-4-5-9-19(18)22(28)25(20)16-21(27)24-12-10-23(11-13-24)15-17-6-2-1-3-7-17/h1-9H,10-16H2. The Bertz CT molecular complexity index is 889. The molecule has 0 aromatic heterocycles. The highest BCUT2D eigenvalue weighted by atomic mass is 16.2. The molecule has 1 fully saturated rings. The Kier molecular flexibility index (Phi) is 5.21. The number of carbonyl (C=O) groups is 3. The third kappa shape index (κ3) is 3.82. The molecule has 0 saturated carbocycles. The molecule has 0 spiro atoms. The third-order valence-electron chi connectivity index (χ3n) is 5.40. The van der Waals surface area contributed by atoms with Crippen LogP contribution in [0.4, 0.5) is 0 Å². The van der Waals surface area contributed by atoms with Crippen molar-refractivity contribution < 1.29 is 14.4 Å². The van der Waals surface area contributed by atoms with Crippen molar-refractivity contribution in [2.45, 2.75) is 13.0 Å². The van der Waals surface area contributed by atoms with Crippen LogP contribution in [0.1, 0.15) is 21.5 Å². The second-order valence-corrected chi connectivity index (χ2v) is 7.26. The Morgan fingerprint density at radius 3 is 2.29 bits per heavy atom. The molecule has 144 valence electrons. The van der Waals surface area contributed by atoms with Crippen molar-refractivity contribution in [3.8, 4) is 0 Å². The van der Waals surface area contributed by atoms with Gasteiger partial charge in [0.2, 0.25) is 11.8 Å². The number of rotatable bonds is 4. The number of fused-ring (bicyclic) bond motifs is 1. The zero-order chi connectivity index (χ0) is 19.5. The average molecular weight is 377 g/mol. The number of nitrogens with zero attached hydrogens (tertiary/aromatic N) is 3. The smallest absolute Gasteiger partial charge is 0.261 e. The molecule has 0 N–H and O–H groups in total. The summed E-state index contributed by atoms with van der Waals surface area (Å²) < 4.78 is 0. The summed E-state index contributed by atoms with van der Waals surface area (Å²) in [6.45, 7) is 3.47. The van der Waals surface area contributed by atoms with Crippen LogP contribution in [0, 0.1) is 0 Å². The van der Waals surface area contributed by atoms with Crippen molar-refractivity contribution in [3.63, 3.8) is 0 Å². The highest BCUT2D eigenvalue weighted by Gasteiger charge is 2.33. The van der Waals surface area contributed by atoms with Crippen molar-refractivity contribution in [1.82, 2.24) is 14.7 Å². The van der Waals surface area contributed by atoms with E-state index in [1.165, 1.54) is 5.56 Å². The van der Waals surface area contributed by atoms with Gasteiger partial charge in [-0.15, -0.1) is 0 Å². The van der Waals surface area contributed by atoms with Gasteiger partial charge in [0.15, 0.2) is 0 Å². The molecule has 1 saturated heterocycles. The predicted molar refractivity (Wildman–Crippen MR) is 104 cm³/mol. The zero-order valence-corrected chi connectivity index (χ0v) is 15.7. The zero-order valence-electron chi connectivity index (χ0n) is 15.7. The fourth-order valence-electron chi connectivity index (χ4n) is 3.79. The van der Waals surface area contributed by atoms with Gasteiger partial charge in [0.25, 0.3) is 5.91 Å². The average Bonchev–Trinajstić information content (AvgIpc) is 2.72. The molecule has 6 heteroatoms. The van der Waals surface area contributed by atoms with E-state index in [-0.39, 0.29) is 30.7 Å². The molecule has 6 nitrogen and oxygen atoms in total. The fourth-order valence-corrected chi connectivity index (χ4v) is 3.79. The summed E-state index contributed by atoms with van der Waals surface area (Å²) in [5.74, 6) is -0.844. The summed E-state index contributed by atoms with van der Waals surface area (Å²) in [5.41, 5.74) is 2.50. The van der Waals surface area contributed by atoms with E-state index in [9.17, 15) is 14.4 Å². The van der Waals surface area contributed by atoms with Crippen molar-refractivity contribution in [3.05, 3.63) is 71.3 Å². The fraction of sp³-hybridized carbons (Fsp3) is 0.318. The SMILES string of the molecule is O=C(CN1C(=O)Cc2ccccc2C1=O)N1CCN(Cc2ccccc2)CC1. The van der Waals surface area contributed by atoms with Crippen LogP contribution >= 0.6 is 0 Å². The van der Waals surface area contributed by atoms with Crippen LogP contribution in [0.15, 0.2) is 54.6 Å². The molecule has 2 aromatic rings. The van der Waals surface area contributed by atoms with Crippen LogP contribution in [0.5, 0.6) is 0 Å². The second kappa shape index (κ2) is 7.94. The topological polar surface area (TPSA) is 60.9 Å². The van der Waals surface area contributed by atoms with Crippen molar-refractivity contribution in [2.75, 3.05) is 32.7 Å². The first kappa shape index (κ1) is 18.4. The first-order valence-corrected chi connectivity index (χ1v) is 9.58. The minimum absolute atomic E-state index is 0.166. The van der Waals surface area contributed by atoms with Crippen molar-refractivity contribution in [1.29, 1.82) is 0 Å². The van der Waals surface area contributed by atoms with Gasteiger partial charge in [-0.2, -0.15) is 0 Å². The summed E-state index contributed by atoms with van der Waals surface area (Å²) in [5, 5.41) is 0. The number of hydrogen-bond donors (Lipinski definition) is 0. The van der Waals surface area contributed by atoms with Gasteiger partial charge in [-0.05, 0) is 17.2 Å². The molecule has 0 radical (unpaired) electrons. The van der Waals surface area contributed by atoms with Gasteiger partial charge >= 0.3 is 0 Å². The Morgan fingerprint density at radius 2 is 1.54 bits per heavy atom. The minimum atomic E-state index is -0.372. The highest BCUT2D eigenvalue weighted by molar-refractivity contribution is 6.11. The van der Waals surface area contributed by atoms with Gasteiger partial charge in [-0.25, -0.2) is 0 Å². The van der Waals surface area contributed by atoms with Crippen LogP contribution in [0.25, 0.3) is 0 Å². The summed E-state index contributed by atoms with van der Waals surface area (Å²) in [7, 11) is 0. The number of piperazine rings is 1. The number of benzene rings is 2. The lowest BCUT2D eigenvalue weighted by Gasteiger charge is -2.36. The van der Waals surface area contributed by atoms with E-state index in [1.807, 2.05) is 24.3 Å². The molecule has 2 aromatic carbocycles. The molecular weight excluding hydrogens is 354 g/mol. The molecule has 2 heterocycles. The van der Waals surface area contributed by atoms with E-state index in [0.29, 0.717) is 18.7 Å². The Balaban J connectivity index is 1.33. The Labute approximate surface area is 164 Å². The lowest BCUT2D eigenvalue weighted by atomic mass is 9.98. The predicted octanol–water partition coefficient (Wildman–Crippen LogP) is 1.56.